The van der Waals surface area contributed by atoms with Gasteiger partial charge in [0.15, 0.2) is 6.23 Å². The molecule has 1 saturated heterocycles. The van der Waals surface area contributed by atoms with Gasteiger partial charge in [0.05, 0.1) is 6.61 Å². The van der Waals surface area contributed by atoms with Crippen LogP contribution in [0.2, 0.25) is 0 Å². The molecule has 0 radical (unpaired) electrons. The van der Waals surface area contributed by atoms with Gasteiger partial charge in [-0.1, -0.05) is 20.8 Å². The van der Waals surface area contributed by atoms with Gasteiger partial charge in [-0.15, -0.1) is 0 Å². The molecule has 118 valence electrons. The molecular formula is C13H21N3O5. The van der Waals surface area contributed by atoms with Gasteiger partial charge in [0.1, 0.15) is 30.5 Å². The zero-order valence-corrected chi connectivity index (χ0v) is 12.3. The lowest BCUT2D eigenvalue weighted by Gasteiger charge is -2.19. The van der Waals surface area contributed by atoms with Crippen molar-refractivity contribution in [2.45, 2.75) is 51.7 Å². The largest absolute Gasteiger partial charge is 0.394 e. The highest BCUT2D eigenvalue weighted by atomic mass is 16.6. The summed E-state index contributed by atoms with van der Waals surface area (Å²) in [5.41, 5.74) is -0.667. The molecule has 0 amide bonds. The van der Waals surface area contributed by atoms with E-state index in [1.54, 1.807) is 0 Å². The first kappa shape index (κ1) is 16.0. The van der Waals surface area contributed by atoms with Crippen LogP contribution in [0, 0.1) is 5.41 Å². The van der Waals surface area contributed by atoms with Gasteiger partial charge in [-0.25, -0.2) is 9.78 Å². The predicted molar refractivity (Wildman–Crippen MR) is 72.5 cm³/mol. The van der Waals surface area contributed by atoms with Crippen LogP contribution in [-0.4, -0.2) is 54.8 Å². The summed E-state index contributed by atoms with van der Waals surface area (Å²) in [5.74, 6) is 0.412. The van der Waals surface area contributed by atoms with Crippen molar-refractivity contribution < 1.29 is 20.1 Å². The highest BCUT2D eigenvalue weighted by Gasteiger charge is 2.43. The number of nitrogens with zero attached hydrogens (tertiary/aromatic N) is 3. The highest BCUT2D eigenvalue weighted by Crippen LogP contribution is 2.27. The summed E-state index contributed by atoms with van der Waals surface area (Å²) in [7, 11) is 0. The Kier molecular flexibility index (Phi) is 4.43. The third-order valence-electron chi connectivity index (χ3n) is 3.26. The Hall–Kier alpha value is -1.35. The van der Waals surface area contributed by atoms with Crippen LogP contribution in [0.15, 0.2) is 11.1 Å². The van der Waals surface area contributed by atoms with Crippen molar-refractivity contribution in [3.63, 3.8) is 0 Å². The van der Waals surface area contributed by atoms with E-state index in [9.17, 15) is 15.0 Å². The molecular weight excluding hydrogens is 278 g/mol. The summed E-state index contributed by atoms with van der Waals surface area (Å²) in [6.45, 7) is 5.57. The number of hydrogen-bond donors (Lipinski definition) is 3. The van der Waals surface area contributed by atoms with Crippen molar-refractivity contribution in [3.8, 4) is 0 Å². The van der Waals surface area contributed by atoms with Gasteiger partial charge in [-0.05, 0) is 5.41 Å². The first-order valence-electron chi connectivity index (χ1n) is 6.79. The lowest BCUT2D eigenvalue weighted by Crippen LogP contribution is -2.36. The van der Waals surface area contributed by atoms with Gasteiger partial charge in [-0.3, -0.25) is 4.57 Å². The van der Waals surface area contributed by atoms with Crippen LogP contribution in [0.1, 0.15) is 32.8 Å². The molecule has 1 aliphatic rings. The quantitative estimate of drug-likeness (QED) is 0.644. The van der Waals surface area contributed by atoms with Crippen LogP contribution >= 0.6 is 0 Å². The van der Waals surface area contributed by atoms with E-state index in [1.807, 2.05) is 20.8 Å². The minimum absolute atomic E-state index is 0.0554. The molecule has 1 aromatic heterocycles. The average molecular weight is 299 g/mol. The summed E-state index contributed by atoms with van der Waals surface area (Å²) in [5, 5.41) is 28.6. The van der Waals surface area contributed by atoms with Crippen LogP contribution < -0.4 is 5.69 Å². The van der Waals surface area contributed by atoms with E-state index in [2.05, 4.69) is 9.97 Å². The molecule has 2 heterocycles. The summed E-state index contributed by atoms with van der Waals surface area (Å²) in [4.78, 5) is 20.0. The van der Waals surface area contributed by atoms with Gasteiger partial charge in [0, 0.05) is 6.42 Å². The Morgan fingerprint density at radius 2 is 2.00 bits per heavy atom. The molecule has 0 aliphatic carbocycles. The number of aliphatic hydroxyl groups excluding tert-OH is 3. The summed E-state index contributed by atoms with van der Waals surface area (Å²) in [6, 6.07) is 0. The van der Waals surface area contributed by atoms with Crippen molar-refractivity contribution in [2.24, 2.45) is 5.41 Å². The maximum atomic E-state index is 12.0. The molecule has 3 N–H and O–H groups in total. The van der Waals surface area contributed by atoms with Gasteiger partial charge in [0.2, 0.25) is 0 Å². The molecule has 0 saturated carbocycles. The molecule has 2 rings (SSSR count). The van der Waals surface area contributed by atoms with Crippen molar-refractivity contribution in [3.05, 3.63) is 22.6 Å². The fraction of sp³-hybridized carbons (Fsp3) is 0.769. The van der Waals surface area contributed by atoms with Gasteiger partial charge in [-0.2, -0.15) is 4.98 Å². The van der Waals surface area contributed by atoms with E-state index in [0.29, 0.717) is 12.2 Å². The molecule has 0 bridgehead atoms. The second kappa shape index (κ2) is 5.80. The van der Waals surface area contributed by atoms with E-state index in [-0.39, 0.29) is 5.41 Å². The van der Waals surface area contributed by atoms with Gasteiger partial charge in [0.25, 0.3) is 0 Å². The SMILES string of the molecule is CC(C)(C)Cc1ncn([C@@H]2O[C@H](CO)[C@@H](O)[C@H]2O)c(=O)n1. The van der Waals surface area contributed by atoms with Gasteiger partial charge < -0.3 is 20.1 Å². The zero-order valence-electron chi connectivity index (χ0n) is 12.3. The molecule has 8 heteroatoms. The number of rotatable bonds is 3. The van der Waals surface area contributed by atoms with Gasteiger partial charge >= 0.3 is 5.69 Å². The van der Waals surface area contributed by atoms with E-state index in [4.69, 9.17) is 9.84 Å². The second-order valence-electron chi connectivity index (χ2n) is 6.43. The highest BCUT2D eigenvalue weighted by molar-refractivity contribution is 4.93. The first-order valence-corrected chi connectivity index (χ1v) is 6.79. The Balaban J connectivity index is 2.24. The lowest BCUT2D eigenvalue weighted by atomic mass is 9.92. The second-order valence-corrected chi connectivity index (χ2v) is 6.43. The maximum absolute atomic E-state index is 12.0. The summed E-state index contributed by atoms with van der Waals surface area (Å²) >= 11 is 0. The Labute approximate surface area is 122 Å². The van der Waals surface area contributed by atoms with E-state index in [0.717, 1.165) is 4.57 Å². The minimum Gasteiger partial charge on any atom is -0.394 e. The zero-order chi connectivity index (χ0) is 15.8. The number of hydrogen-bond acceptors (Lipinski definition) is 7. The van der Waals surface area contributed by atoms with Crippen molar-refractivity contribution in [1.82, 2.24) is 14.5 Å². The van der Waals surface area contributed by atoms with Crippen LogP contribution in [-0.2, 0) is 11.2 Å². The lowest BCUT2D eigenvalue weighted by molar-refractivity contribution is -0.0556. The Bertz CT molecular complexity index is 553. The fourth-order valence-corrected chi connectivity index (χ4v) is 2.22. The molecule has 0 spiro atoms. The molecule has 4 atom stereocenters. The minimum atomic E-state index is -1.32. The molecule has 21 heavy (non-hydrogen) atoms. The topological polar surface area (TPSA) is 118 Å². The van der Waals surface area contributed by atoms with Crippen LogP contribution in [0.3, 0.4) is 0 Å². The van der Waals surface area contributed by atoms with Crippen LogP contribution in [0.25, 0.3) is 0 Å². The van der Waals surface area contributed by atoms with Crippen molar-refractivity contribution >= 4 is 0 Å². The monoisotopic (exact) mass is 299 g/mol. The van der Waals surface area contributed by atoms with E-state index in [1.165, 1.54) is 6.33 Å². The molecule has 8 nitrogen and oxygen atoms in total. The molecule has 1 aliphatic heterocycles. The third-order valence-corrected chi connectivity index (χ3v) is 3.26. The van der Waals surface area contributed by atoms with E-state index < -0.39 is 36.8 Å². The molecule has 1 aromatic rings. The fourth-order valence-electron chi connectivity index (χ4n) is 2.22. The standard InChI is InChI=1S/C13H21N3O5/c1-13(2,3)4-8-14-6-16(12(20)15-8)11-10(19)9(18)7(5-17)21-11/h6-7,9-11,17-19H,4-5H2,1-3H3/t7-,9-,10-,11-/m1/s1. The molecule has 0 aromatic carbocycles. The Morgan fingerprint density at radius 3 is 2.48 bits per heavy atom. The number of aliphatic hydroxyl groups is 3. The molecule has 0 unspecified atom stereocenters. The van der Waals surface area contributed by atoms with Crippen LogP contribution in [0.5, 0.6) is 0 Å². The number of aromatic nitrogens is 3. The summed E-state index contributed by atoms with van der Waals surface area (Å²) < 4.78 is 6.30. The normalized spacial score (nSPS) is 29.8. The predicted octanol–water partition coefficient (Wildman–Crippen LogP) is -1.16. The summed E-state index contributed by atoms with van der Waals surface area (Å²) in [6.07, 6.45) is -2.84. The van der Waals surface area contributed by atoms with Crippen molar-refractivity contribution in [2.75, 3.05) is 6.61 Å². The van der Waals surface area contributed by atoms with Crippen molar-refractivity contribution in [1.29, 1.82) is 0 Å². The smallest absolute Gasteiger partial charge is 0.352 e. The maximum Gasteiger partial charge on any atom is 0.352 e. The third kappa shape index (κ3) is 3.46. The van der Waals surface area contributed by atoms with E-state index >= 15 is 0 Å². The average Bonchev–Trinajstić information content (AvgIpc) is 2.65. The Morgan fingerprint density at radius 1 is 1.33 bits per heavy atom. The van der Waals surface area contributed by atoms with Crippen LogP contribution in [0.4, 0.5) is 0 Å². The first-order chi connectivity index (χ1) is 9.73. The molecule has 1 fully saturated rings. The number of ether oxygens (including phenoxy) is 1.